The van der Waals surface area contributed by atoms with E-state index in [-0.39, 0.29) is 55.9 Å². The van der Waals surface area contributed by atoms with Crippen LogP contribution < -0.4 is 45.7 Å². The molecule has 12 heteroatoms. The summed E-state index contributed by atoms with van der Waals surface area (Å²) < 4.78 is 80.5. The first kappa shape index (κ1) is 39.2. The average Bonchev–Trinajstić information content (AvgIpc) is 3.51. The number of benzene rings is 4. The number of hydrogen-bond donors (Lipinski definition) is 0. The van der Waals surface area contributed by atoms with Crippen LogP contribution in [0.25, 0.3) is 24.3 Å². The van der Waals surface area contributed by atoms with Gasteiger partial charge < -0.3 is 24.8 Å². The molecule has 2 aliphatic carbocycles. The van der Waals surface area contributed by atoms with Crippen LogP contribution >= 0.6 is 43.6 Å². The standard InChI is InChI=1S/C17H9BrF3S.C17H11BrF3.2ClH.Zr/c1-16-7-10-11(8-16)14(5-3-13(10)18)22-15-4-2-9(16)6-12(15)17(19,20)21;1-16(9-11-4-2-7-15(18)14(11)10-16)12-5-3-6-13(8-12)17(19,20)21;;;/h2-6,8H,1H3;2-9H,1H3;2*1H;/q2*-1;;;+4/p-2. The van der Waals surface area contributed by atoms with E-state index in [1.807, 2.05) is 56.3 Å². The Bertz CT molecular complexity index is 2070. The van der Waals surface area contributed by atoms with Crippen molar-refractivity contribution in [2.24, 2.45) is 0 Å². The third kappa shape index (κ3) is 7.33. The largest absolute Gasteiger partial charge is 4.00 e. The Morgan fingerprint density at radius 3 is 1.89 bits per heavy atom. The van der Waals surface area contributed by atoms with Crippen molar-refractivity contribution in [2.75, 3.05) is 0 Å². The molecular formula is C34H20Br2Cl2F6SZr. The van der Waals surface area contributed by atoms with Gasteiger partial charge in [-0.25, -0.2) is 0 Å². The number of alkyl halides is 6. The average molecular weight is 897 g/mol. The Morgan fingerprint density at radius 2 is 1.24 bits per heavy atom. The van der Waals surface area contributed by atoms with Gasteiger partial charge in [-0.05, 0) is 45.1 Å². The fraction of sp³-hybridized carbons (Fsp3) is 0.176. The van der Waals surface area contributed by atoms with Gasteiger partial charge in [0.2, 0.25) is 0 Å². The van der Waals surface area contributed by atoms with Crippen LogP contribution in [-0.4, -0.2) is 0 Å². The van der Waals surface area contributed by atoms with Gasteiger partial charge >= 0.3 is 38.6 Å². The van der Waals surface area contributed by atoms with E-state index in [1.54, 1.807) is 18.2 Å². The van der Waals surface area contributed by atoms with Gasteiger partial charge in [0.25, 0.3) is 0 Å². The zero-order chi connectivity index (χ0) is 30.9. The minimum absolute atomic E-state index is 0. The molecule has 0 radical (unpaired) electrons. The molecule has 4 aliphatic rings. The quantitative estimate of drug-likeness (QED) is 0.209. The van der Waals surface area contributed by atoms with Gasteiger partial charge in [-0.1, -0.05) is 59.2 Å². The normalized spacial score (nSPS) is 19.8. The van der Waals surface area contributed by atoms with E-state index in [9.17, 15) is 26.3 Å². The molecule has 0 fully saturated rings. The minimum Gasteiger partial charge on any atom is -1.00 e. The maximum atomic E-state index is 13.4. The van der Waals surface area contributed by atoms with Crippen LogP contribution in [0.5, 0.6) is 0 Å². The molecule has 46 heavy (non-hydrogen) atoms. The molecule has 0 nitrogen and oxygen atoms in total. The molecule has 0 spiro atoms. The minimum atomic E-state index is -4.36. The summed E-state index contributed by atoms with van der Waals surface area (Å²) in [6.07, 6.45) is 1.93. The zero-order valence-electron chi connectivity index (χ0n) is 23.8. The van der Waals surface area contributed by atoms with Crippen molar-refractivity contribution >= 4 is 67.9 Å². The first-order chi connectivity index (χ1) is 20.1. The van der Waals surface area contributed by atoms with Crippen LogP contribution in [0.2, 0.25) is 0 Å². The SMILES string of the molecule is CC1(c2cccc(C(F)(F)F)c2)[C-]=c2c(Br)cccc2=C1.CC12[C-]=c3c(Br)ccc(c3=C1)Sc1ccc2cc1C(F)(F)F.[Cl-].[Cl-].[Zr+4]. The van der Waals surface area contributed by atoms with Crippen LogP contribution in [0.3, 0.4) is 0 Å². The maximum absolute atomic E-state index is 13.4. The van der Waals surface area contributed by atoms with Crippen molar-refractivity contribution in [3.63, 3.8) is 0 Å². The topological polar surface area (TPSA) is 0 Å². The van der Waals surface area contributed by atoms with Gasteiger partial charge in [-0.2, -0.15) is 48.9 Å². The second kappa shape index (κ2) is 13.9. The van der Waals surface area contributed by atoms with Crippen molar-refractivity contribution in [3.8, 4) is 0 Å². The summed E-state index contributed by atoms with van der Waals surface area (Å²) in [5.41, 5.74) is -1.32. The number of hydrogen-bond acceptors (Lipinski definition) is 1. The Balaban J connectivity index is 0.000000235. The molecule has 0 saturated heterocycles. The van der Waals surface area contributed by atoms with Gasteiger partial charge in [-0.3, -0.25) is 0 Å². The summed E-state index contributed by atoms with van der Waals surface area (Å²) in [4.78, 5) is 1.07. The zero-order valence-corrected chi connectivity index (χ0v) is 31.7. The molecule has 4 aromatic carbocycles. The summed E-state index contributed by atoms with van der Waals surface area (Å²) in [6.45, 7) is 3.77. The molecular weight excluding hydrogens is 876 g/mol. The smallest absolute Gasteiger partial charge is 1.00 e. The summed E-state index contributed by atoms with van der Waals surface area (Å²) in [5.74, 6) is 0. The van der Waals surface area contributed by atoms with Crippen molar-refractivity contribution in [3.05, 3.63) is 125 Å². The van der Waals surface area contributed by atoms with Gasteiger partial charge in [-0.15, -0.1) is 84.4 Å². The van der Waals surface area contributed by atoms with Crippen LogP contribution in [-0.2, 0) is 49.4 Å². The van der Waals surface area contributed by atoms with Crippen molar-refractivity contribution in [1.82, 2.24) is 0 Å². The fourth-order valence-electron chi connectivity index (χ4n) is 5.53. The predicted molar refractivity (Wildman–Crippen MR) is 164 cm³/mol. The third-order valence-electron chi connectivity index (χ3n) is 7.74. The summed E-state index contributed by atoms with van der Waals surface area (Å²) >= 11 is 8.12. The first-order valence-electron chi connectivity index (χ1n) is 13.0. The number of rotatable bonds is 1. The van der Waals surface area contributed by atoms with E-state index in [0.717, 1.165) is 52.5 Å². The fourth-order valence-corrected chi connectivity index (χ4v) is 7.52. The third-order valence-corrected chi connectivity index (χ3v) is 10.2. The van der Waals surface area contributed by atoms with Gasteiger partial charge in [0.05, 0.1) is 11.1 Å². The molecule has 2 aliphatic heterocycles. The maximum Gasteiger partial charge on any atom is 4.00 e. The molecule has 4 aromatic rings. The molecule has 2 atom stereocenters. The summed E-state index contributed by atoms with van der Waals surface area (Å²) in [7, 11) is 0. The summed E-state index contributed by atoms with van der Waals surface area (Å²) in [6, 6.07) is 19.5. The molecule has 2 heterocycles. The van der Waals surface area contributed by atoms with E-state index in [4.69, 9.17) is 0 Å². The van der Waals surface area contributed by atoms with E-state index < -0.39 is 34.3 Å². The van der Waals surface area contributed by atoms with Crippen molar-refractivity contribution in [2.45, 2.75) is 46.8 Å². The molecule has 236 valence electrons. The number of fused-ring (bicyclic) bond motifs is 3. The van der Waals surface area contributed by atoms with Crippen LogP contribution in [0.1, 0.15) is 36.1 Å². The Kier molecular flexibility index (Phi) is 11.8. The second-order valence-corrected chi connectivity index (χ2v) is 13.7. The Hall–Kier alpha value is -1.29. The monoisotopic (exact) mass is 892 g/mol. The van der Waals surface area contributed by atoms with Crippen LogP contribution in [0.15, 0.2) is 91.5 Å². The van der Waals surface area contributed by atoms with E-state index in [1.165, 1.54) is 18.2 Å². The van der Waals surface area contributed by atoms with E-state index >= 15 is 0 Å². The van der Waals surface area contributed by atoms with Crippen LogP contribution in [0, 0.1) is 0 Å². The Labute approximate surface area is 314 Å². The van der Waals surface area contributed by atoms with Crippen LogP contribution in [0.4, 0.5) is 26.3 Å². The molecule has 0 amide bonds. The number of halogens is 10. The molecule has 4 bridgehead atoms. The van der Waals surface area contributed by atoms with Gasteiger partial charge in [0.15, 0.2) is 0 Å². The molecule has 0 N–H and O–H groups in total. The molecule has 0 aromatic heterocycles. The summed E-state index contributed by atoms with van der Waals surface area (Å²) in [5, 5.41) is 3.77. The van der Waals surface area contributed by atoms with E-state index in [0.29, 0.717) is 11.1 Å². The second-order valence-electron chi connectivity index (χ2n) is 10.9. The van der Waals surface area contributed by atoms with Crippen molar-refractivity contribution < 1.29 is 77.4 Å². The molecule has 0 saturated carbocycles. The van der Waals surface area contributed by atoms with Gasteiger partial charge in [0, 0.05) is 4.90 Å². The van der Waals surface area contributed by atoms with Gasteiger partial charge in [0.1, 0.15) is 0 Å². The molecule has 8 rings (SSSR count). The first-order valence-corrected chi connectivity index (χ1v) is 15.4. The van der Waals surface area contributed by atoms with Crippen molar-refractivity contribution in [1.29, 1.82) is 0 Å². The predicted octanol–water partition coefficient (Wildman–Crippen LogP) is 2.22. The molecule has 2 unspecified atom stereocenters. The van der Waals surface area contributed by atoms with E-state index in [2.05, 4.69) is 44.0 Å². The Morgan fingerprint density at radius 1 is 0.652 bits per heavy atom.